The average Bonchev–Trinajstić information content (AvgIpc) is 2.38. The molecule has 1 atom stereocenters. The Morgan fingerprint density at radius 1 is 1.05 bits per heavy atom. The first-order valence-corrected chi connectivity index (χ1v) is 7.88. The zero-order chi connectivity index (χ0) is 13.5. The van der Waals surface area contributed by atoms with Gasteiger partial charge in [-0.2, -0.15) is 0 Å². The van der Waals surface area contributed by atoms with E-state index < -0.39 is 0 Å². The van der Waals surface area contributed by atoms with E-state index in [2.05, 4.69) is 17.6 Å². The summed E-state index contributed by atoms with van der Waals surface area (Å²) in [5.41, 5.74) is 4.36. The van der Waals surface area contributed by atoms with Crippen LogP contribution < -0.4 is 11.3 Å². The number of nitrogens with two attached hydrogens (primary N) is 1. The second-order valence-corrected chi connectivity index (χ2v) is 6.15. The normalized spacial score (nSPS) is 19.7. The predicted octanol–water partition coefficient (Wildman–Crippen LogP) is 4.07. The molecule has 1 unspecified atom stereocenters. The van der Waals surface area contributed by atoms with Crippen LogP contribution in [0.1, 0.15) is 50.5 Å². The minimum Gasteiger partial charge on any atom is -0.271 e. The molecule has 1 fully saturated rings. The van der Waals surface area contributed by atoms with Crippen LogP contribution in [0.4, 0.5) is 0 Å². The van der Waals surface area contributed by atoms with Crippen LogP contribution in [0.5, 0.6) is 0 Å². The lowest BCUT2D eigenvalue weighted by atomic mass is 9.83. The Labute approximate surface area is 121 Å². The van der Waals surface area contributed by atoms with Gasteiger partial charge in [-0.05, 0) is 42.9 Å². The van der Waals surface area contributed by atoms with E-state index in [0.29, 0.717) is 12.0 Å². The van der Waals surface area contributed by atoms with Crippen molar-refractivity contribution in [3.05, 3.63) is 34.9 Å². The third kappa shape index (κ3) is 4.79. The van der Waals surface area contributed by atoms with Gasteiger partial charge in [0.25, 0.3) is 0 Å². The van der Waals surface area contributed by atoms with Crippen LogP contribution in [-0.4, -0.2) is 6.04 Å². The summed E-state index contributed by atoms with van der Waals surface area (Å²) in [6.07, 6.45) is 10.5. The Hall–Kier alpha value is -0.570. The Morgan fingerprint density at radius 2 is 1.63 bits per heavy atom. The van der Waals surface area contributed by atoms with E-state index in [-0.39, 0.29) is 0 Å². The molecule has 19 heavy (non-hydrogen) atoms. The van der Waals surface area contributed by atoms with Crippen LogP contribution in [0.3, 0.4) is 0 Å². The maximum atomic E-state index is 5.93. The molecule has 0 amide bonds. The minimum atomic E-state index is 0.388. The van der Waals surface area contributed by atoms with Crippen LogP contribution in [0.25, 0.3) is 0 Å². The molecule has 3 heteroatoms. The highest BCUT2D eigenvalue weighted by Gasteiger charge is 2.21. The van der Waals surface area contributed by atoms with Gasteiger partial charge in [-0.15, -0.1) is 0 Å². The van der Waals surface area contributed by atoms with Crippen molar-refractivity contribution in [3.63, 3.8) is 0 Å². The summed E-state index contributed by atoms with van der Waals surface area (Å²) in [4.78, 5) is 0. The van der Waals surface area contributed by atoms with E-state index in [4.69, 9.17) is 17.4 Å². The molecule has 0 radical (unpaired) electrons. The van der Waals surface area contributed by atoms with Gasteiger partial charge >= 0.3 is 0 Å². The predicted molar refractivity (Wildman–Crippen MR) is 82.1 cm³/mol. The molecular formula is C16H25ClN2. The Morgan fingerprint density at radius 3 is 2.21 bits per heavy atom. The van der Waals surface area contributed by atoms with Gasteiger partial charge < -0.3 is 0 Å². The van der Waals surface area contributed by atoms with E-state index >= 15 is 0 Å². The molecule has 1 aliphatic carbocycles. The average molecular weight is 281 g/mol. The van der Waals surface area contributed by atoms with Gasteiger partial charge in [0.05, 0.1) is 0 Å². The summed E-state index contributed by atoms with van der Waals surface area (Å²) >= 11 is 5.93. The summed E-state index contributed by atoms with van der Waals surface area (Å²) in [5, 5.41) is 0.798. The monoisotopic (exact) mass is 280 g/mol. The number of rotatable bonds is 4. The molecule has 2 rings (SSSR count). The fraction of sp³-hybridized carbons (Fsp3) is 0.625. The topological polar surface area (TPSA) is 38.0 Å². The molecule has 1 aromatic rings. The maximum absolute atomic E-state index is 5.93. The lowest BCUT2D eigenvalue weighted by Gasteiger charge is -2.28. The Kier molecular flexibility index (Phi) is 6.15. The lowest BCUT2D eigenvalue weighted by Crippen LogP contribution is -2.42. The molecule has 1 saturated carbocycles. The van der Waals surface area contributed by atoms with E-state index in [1.54, 1.807) is 0 Å². The van der Waals surface area contributed by atoms with Crippen molar-refractivity contribution in [2.24, 2.45) is 11.8 Å². The molecule has 0 saturated heterocycles. The van der Waals surface area contributed by atoms with Crippen molar-refractivity contribution in [2.45, 2.75) is 57.4 Å². The minimum absolute atomic E-state index is 0.388. The van der Waals surface area contributed by atoms with E-state index in [1.807, 2.05) is 12.1 Å². The number of hydrazine groups is 1. The van der Waals surface area contributed by atoms with Crippen molar-refractivity contribution >= 4 is 11.6 Å². The molecule has 1 aliphatic rings. The Balaban J connectivity index is 1.95. The largest absolute Gasteiger partial charge is 0.271 e. The summed E-state index contributed by atoms with van der Waals surface area (Å²) in [5.74, 6) is 6.50. The molecule has 0 aromatic heterocycles. The van der Waals surface area contributed by atoms with Gasteiger partial charge in [-0.1, -0.05) is 55.8 Å². The molecule has 0 heterocycles. The molecule has 0 aliphatic heterocycles. The van der Waals surface area contributed by atoms with E-state index in [1.165, 1.54) is 50.5 Å². The fourth-order valence-corrected chi connectivity index (χ4v) is 3.25. The summed E-state index contributed by atoms with van der Waals surface area (Å²) in [6.45, 7) is 0. The molecule has 2 nitrogen and oxygen atoms in total. The number of benzene rings is 1. The zero-order valence-corrected chi connectivity index (χ0v) is 12.3. The third-order valence-electron chi connectivity index (χ3n) is 4.30. The van der Waals surface area contributed by atoms with Gasteiger partial charge in [-0.3, -0.25) is 11.3 Å². The highest BCUT2D eigenvalue weighted by molar-refractivity contribution is 6.30. The van der Waals surface area contributed by atoms with Crippen LogP contribution in [0.15, 0.2) is 24.3 Å². The van der Waals surface area contributed by atoms with Crippen LogP contribution in [0, 0.1) is 5.92 Å². The molecule has 106 valence electrons. The van der Waals surface area contributed by atoms with Crippen molar-refractivity contribution in [1.29, 1.82) is 0 Å². The first-order chi connectivity index (χ1) is 9.29. The molecular weight excluding hydrogens is 256 g/mol. The molecule has 3 N–H and O–H groups in total. The molecule has 1 aromatic carbocycles. The van der Waals surface area contributed by atoms with Gasteiger partial charge in [0.15, 0.2) is 0 Å². The molecule has 0 spiro atoms. The lowest BCUT2D eigenvalue weighted by molar-refractivity contribution is 0.285. The van der Waals surface area contributed by atoms with Gasteiger partial charge in [-0.25, -0.2) is 0 Å². The van der Waals surface area contributed by atoms with Crippen molar-refractivity contribution < 1.29 is 0 Å². The van der Waals surface area contributed by atoms with Crippen molar-refractivity contribution in [2.75, 3.05) is 0 Å². The summed E-state index contributed by atoms with van der Waals surface area (Å²) in [6, 6.07) is 8.52. The smallest absolute Gasteiger partial charge is 0.0406 e. The highest BCUT2D eigenvalue weighted by atomic mass is 35.5. The van der Waals surface area contributed by atoms with Crippen LogP contribution >= 0.6 is 11.6 Å². The quantitative estimate of drug-likeness (QED) is 0.644. The number of halogens is 1. The van der Waals surface area contributed by atoms with E-state index in [9.17, 15) is 0 Å². The van der Waals surface area contributed by atoms with Gasteiger partial charge in [0.1, 0.15) is 0 Å². The SMILES string of the molecule is NNC(Cc1ccc(Cl)cc1)C1CCCCCCC1. The number of hydrogen-bond acceptors (Lipinski definition) is 2. The summed E-state index contributed by atoms with van der Waals surface area (Å²) in [7, 11) is 0. The van der Waals surface area contributed by atoms with E-state index in [0.717, 1.165) is 11.4 Å². The Bertz CT molecular complexity index is 356. The second-order valence-electron chi connectivity index (χ2n) is 5.71. The standard InChI is InChI=1S/C16H25ClN2/c17-15-10-8-13(9-11-15)12-16(19-18)14-6-4-2-1-3-5-7-14/h8-11,14,16,19H,1-7,12,18H2. The molecule has 0 bridgehead atoms. The highest BCUT2D eigenvalue weighted by Crippen LogP contribution is 2.26. The summed E-state index contributed by atoms with van der Waals surface area (Å²) < 4.78 is 0. The third-order valence-corrected chi connectivity index (χ3v) is 4.55. The first-order valence-electron chi connectivity index (χ1n) is 7.50. The first kappa shape index (κ1) is 14.8. The maximum Gasteiger partial charge on any atom is 0.0406 e. The fourth-order valence-electron chi connectivity index (χ4n) is 3.13. The number of hydrogen-bond donors (Lipinski definition) is 2. The van der Waals surface area contributed by atoms with Gasteiger partial charge in [0, 0.05) is 11.1 Å². The van der Waals surface area contributed by atoms with Crippen molar-refractivity contribution in [1.82, 2.24) is 5.43 Å². The zero-order valence-electron chi connectivity index (χ0n) is 11.6. The van der Waals surface area contributed by atoms with Crippen LogP contribution in [-0.2, 0) is 6.42 Å². The van der Waals surface area contributed by atoms with Crippen molar-refractivity contribution in [3.8, 4) is 0 Å². The van der Waals surface area contributed by atoms with Crippen LogP contribution in [0.2, 0.25) is 5.02 Å². The number of nitrogens with one attached hydrogen (secondary N) is 1. The second kappa shape index (κ2) is 7.88. The van der Waals surface area contributed by atoms with Gasteiger partial charge in [0.2, 0.25) is 0 Å².